The van der Waals surface area contributed by atoms with Gasteiger partial charge in [-0.05, 0) is 66.9 Å². The summed E-state index contributed by atoms with van der Waals surface area (Å²) in [5, 5.41) is 0.618. The molecular weight excluding hydrogens is 456 g/mol. The molecule has 0 spiro atoms. The van der Waals surface area contributed by atoms with Gasteiger partial charge in [0.2, 0.25) is 9.84 Å². The van der Waals surface area contributed by atoms with E-state index in [0.29, 0.717) is 28.2 Å². The van der Waals surface area contributed by atoms with Crippen molar-refractivity contribution >= 4 is 49.5 Å². The Balaban J connectivity index is 1.80. The van der Waals surface area contributed by atoms with Gasteiger partial charge in [-0.25, -0.2) is 18.4 Å². The lowest BCUT2D eigenvalue weighted by Gasteiger charge is -2.09. The molecule has 6 nitrogen and oxygen atoms in total. The van der Waals surface area contributed by atoms with E-state index in [-0.39, 0.29) is 21.1 Å². The van der Waals surface area contributed by atoms with Crippen LogP contribution in [0.2, 0.25) is 5.02 Å². The van der Waals surface area contributed by atoms with E-state index in [1.54, 1.807) is 41.0 Å². The van der Waals surface area contributed by atoms with Crippen LogP contribution in [0.25, 0.3) is 22.2 Å². The third kappa shape index (κ3) is 3.63. The van der Waals surface area contributed by atoms with E-state index < -0.39 is 9.84 Å². The van der Waals surface area contributed by atoms with Crippen molar-refractivity contribution in [3.8, 4) is 0 Å². The van der Waals surface area contributed by atoms with Crippen molar-refractivity contribution in [1.82, 2.24) is 14.5 Å². The van der Waals surface area contributed by atoms with Crippen LogP contribution in [0.15, 0.2) is 76.5 Å². The van der Waals surface area contributed by atoms with E-state index in [1.807, 2.05) is 44.2 Å². The molecule has 0 aliphatic carbocycles. The molecule has 0 radical (unpaired) electrons. The number of rotatable bonds is 4. The Kier molecular flexibility index (Phi) is 5.11. The number of aryl methyl sites for hydroxylation is 2. The Bertz CT molecular complexity index is 1640. The normalized spacial score (nSPS) is 12.0. The number of nitrogens with two attached hydrogens (primary N) is 1. The van der Waals surface area contributed by atoms with Crippen LogP contribution >= 0.6 is 11.6 Å². The van der Waals surface area contributed by atoms with Gasteiger partial charge in [-0.1, -0.05) is 41.9 Å². The molecule has 0 aliphatic heterocycles. The topological polar surface area (TPSA) is 90.9 Å². The number of halogens is 1. The van der Waals surface area contributed by atoms with Crippen LogP contribution in [0, 0.1) is 13.8 Å². The zero-order valence-corrected chi connectivity index (χ0v) is 19.7. The zero-order chi connectivity index (χ0) is 23.3. The van der Waals surface area contributed by atoms with E-state index in [0.717, 1.165) is 16.7 Å². The van der Waals surface area contributed by atoms with Crippen LogP contribution in [0.4, 0.5) is 5.82 Å². The van der Waals surface area contributed by atoms with Crippen LogP contribution in [0.5, 0.6) is 0 Å². The lowest BCUT2D eigenvalue weighted by molar-refractivity contribution is 0.596. The van der Waals surface area contributed by atoms with Gasteiger partial charge in [0.25, 0.3) is 0 Å². The van der Waals surface area contributed by atoms with Crippen molar-refractivity contribution in [2.45, 2.75) is 30.2 Å². The lowest BCUT2D eigenvalue weighted by atomic mass is 10.1. The first-order chi connectivity index (χ1) is 15.8. The molecule has 33 heavy (non-hydrogen) atoms. The molecule has 5 rings (SSSR count). The fourth-order valence-electron chi connectivity index (χ4n) is 3.89. The van der Waals surface area contributed by atoms with Crippen molar-refractivity contribution in [1.29, 1.82) is 0 Å². The smallest absolute Gasteiger partial charge is 0.212 e. The average Bonchev–Trinajstić information content (AvgIpc) is 3.06. The molecule has 0 bridgehead atoms. The van der Waals surface area contributed by atoms with Gasteiger partial charge in [-0.15, -0.1) is 0 Å². The standard InChI is InChI=1S/C25H21ClN4O2S/c1-15-7-12-19(13-16(15)2)33(31,32)23-22-25(29-21-6-4-3-5-20(21)28-22)30(24(23)27)14-17-8-10-18(26)11-9-17/h3-13H,14,27H2,1-2H3. The van der Waals surface area contributed by atoms with Gasteiger partial charge >= 0.3 is 0 Å². The van der Waals surface area contributed by atoms with Gasteiger partial charge in [-0.2, -0.15) is 0 Å². The van der Waals surface area contributed by atoms with E-state index in [2.05, 4.69) is 4.98 Å². The number of nitrogens with zero attached hydrogens (tertiary/aromatic N) is 3. The number of hydrogen-bond acceptors (Lipinski definition) is 5. The summed E-state index contributed by atoms with van der Waals surface area (Å²) in [5.41, 5.74) is 11.3. The first-order valence-electron chi connectivity index (χ1n) is 10.4. The van der Waals surface area contributed by atoms with Gasteiger partial charge in [0.05, 0.1) is 22.5 Å². The summed E-state index contributed by atoms with van der Waals surface area (Å²) in [7, 11) is -3.95. The minimum Gasteiger partial charge on any atom is -0.384 e. The summed E-state index contributed by atoms with van der Waals surface area (Å²) in [5.74, 6) is 0.105. The number of hydrogen-bond donors (Lipinski definition) is 1. The highest BCUT2D eigenvalue weighted by Crippen LogP contribution is 2.36. The summed E-state index contributed by atoms with van der Waals surface area (Å²) < 4.78 is 29.3. The zero-order valence-electron chi connectivity index (χ0n) is 18.1. The number of nitrogen functional groups attached to an aromatic ring is 1. The fourth-order valence-corrected chi connectivity index (χ4v) is 5.60. The highest BCUT2D eigenvalue weighted by atomic mass is 35.5. The maximum atomic E-state index is 13.8. The van der Waals surface area contributed by atoms with Crippen LogP contribution in [0.3, 0.4) is 0 Å². The van der Waals surface area contributed by atoms with Gasteiger partial charge in [0.15, 0.2) is 5.65 Å². The number of anilines is 1. The monoisotopic (exact) mass is 476 g/mol. The van der Waals surface area contributed by atoms with Crippen molar-refractivity contribution in [2.75, 3.05) is 5.73 Å². The molecule has 8 heteroatoms. The molecule has 0 saturated heterocycles. The fraction of sp³-hybridized carbons (Fsp3) is 0.120. The van der Waals surface area contributed by atoms with E-state index in [9.17, 15) is 8.42 Å². The van der Waals surface area contributed by atoms with Gasteiger partial charge < -0.3 is 10.3 Å². The molecule has 0 aliphatic rings. The van der Waals surface area contributed by atoms with Crippen molar-refractivity contribution < 1.29 is 8.42 Å². The molecule has 0 saturated carbocycles. The molecule has 5 aromatic rings. The predicted octanol–water partition coefficient (Wildman–Crippen LogP) is 5.32. The molecular formula is C25H21ClN4O2S. The number of sulfone groups is 1. The molecule has 0 unspecified atom stereocenters. The van der Waals surface area contributed by atoms with Crippen molar-refractivity contribution in [3.05, 3.63) is 88.4 Å². The molecule has 2 N–H and O–H groups in total. The Morgan fingerprint density at radius 1 is 0.909 bits per heavy atom. The maximum Gasteiger partial charge on any atom is 0.212 e. The van der Waals surface area contributed by atoms with E-state index in [4.69, 9.17) is 22.3 Å². The summed E-state index contributed by atoms with van der Waals surface area (Å²) in [6.07, 6.45) is 0. The van der Waals surface area contributed by atoms with Gasteiger partial charge in [-0.3, -0.25) is 0 Å². The second kappa shape index (κ2) is 7.86. The number of aromatic nitrogens is 3. The SMILES string of the molecule is Cc1ccc(S(=O)(=O)c2c(N)n(Cc3ccc(Cl)cc3)c3nc4ccccc4nc23)cc1C. The van der Waals surface area contributed by atoms with E-state index in [1.165, 1.54) is 0 Å². The van der Waals surface area contributed by atoms with Crippen LogP contribution < -0.4 is 5.73 Å². The van der Waals surface area contributed by atoms with Crippen LogP contribution in [0.1, 0.15) is 16.7 Å². The summed E-state index contributed by atoms with van der Waals surface area (Å²) >= 11 is 6.03. The Labute approximate surface area is 196 Å². The molecule has 2 aromatic heterocycles. The molecule has 0 amide bonds. The second-order valence-corrected chi connectivity index (χ2v) is 10.4. The maximum absolute atomic E-state index is 13.8. The molecule has 3 aromatic carbocycles. The third-order valence-electron chi connectivity index (χ3n) is 5.86. The first-order valence-corrected chi connectivity index (χ1v) is 12.2. The molecule has 166 valence electrons. The van der Waals surface area contributed by atoms with Crippen molar-refractivity contribution in [2.24, 2.45) is 0 Å². The minimum absolute atomic E-state index is 0.0204. The van der Waals surface area contributed by atoms with Crippen LogP contribution in [-0.2, 0) is 16.4 Å². The van der Waals surface area contributed by atoms with Crippen molar-refractivity contribution in [3.63, 3.8) is 0 Å². The Morgan fingerprint density at radius 3 is 2.24 bits per heavy atom. The predicted molar refractivity (Wildman–Crippen MR) is 131 cm³/mol. The molecule has 0 fully saturated rings. The number of fused-ring (bicyclic) bond motifs is 2. The van der Waals surface area contributed by atoms with E-state index >= 15 is 0 Å². The summed E-state index contributed by atoms with van der Waals surface area (Å²) in [4.78, 5) is 9.58. The highest BCUT2D eigenvalue weighted by molar-refractivity contribution is 7.92. The Hall–Kier alpha value is -3.42. The minimum atomic E-state index is -3.95. The summed E-state index contributed by atoms with van der Waals surface area (Å²) in [6, 6.07) is 19.7. The molecule has 2 heterocycles. The Morgan fingerprint density at radius 2 is 1.58 bits per heavy atom. The van der Waals surface area contributed by atoms with Gasteiger partial charge in [0.1, 0.15) is 16.2 Å². The largest absolute Gasteiger partial charge is 0.384 e. The lowest BCUT2D eigenvalue weighted by Crippen LogP contribution is -2.09. The van der Waals surface area contributed by atoms with Gasteiger partial charge in [0, 0.05) is 5.02 Å². The van der Waals surface area contributed by atoms with Crippen LogP contribution in [-0.4, -0.2) is 23.0 Å². The second-order valence-electron chi connectivity index (χ2n) is 8.06. The summed E-state index contributed by atoms with van der Waals surface area (Å²) in [6.45, 7) is 4.15. The first kappa shape index (κ1) is 21.4. The number of benzene rings is 3. The average molecular weight is 477 g/mol. The quantitative estimate of drug-likeness (QED) is 0.379. The number of para-hydroxylation sites is 2. The molecule has 0 atom stereocenters. The third-order valence-corrected chi connectivity index (χ3v) is 7.92. The highest BCUT2D eigenvalue weighted by Gasteiger charge is 2.30.